The molecule has 3 aromatic rings. The lowest BCUT2D eigenvalue weighted by molar-refractivity contribution is 0.783. The summed E-state index contributed by atoms with van der Waals surface area (Å²) in [6, 6.07) is 8.50. The predicted molar refractivity (Wildman–Crippen MR) is 98.2 cm³/mol. The molecule has 0 saturated carbocycles. The van der Waals surface area contributed by atoms with Gasteiger partial charge in [0.25, 0.3) is 0 Å². The summed E-state index contributed by atoms with van der Waals surface area (Å²) in [6.07, 6.45) is 4.04. The molecule has 0 aliphatic rings. The first-order valence-electron chi connectivity index (χ1n) is 8.40. The minimum atomic E-state index is 0.644. The molecule has 0 atom stereocenters. The highest BCUT2D eigenvalue weighted by atomic mass is 15.3. The minimum Gasteiger partial charge on any atom is -0.365 e. The van der Waals surface area contributed by atoms with Gasteiger partial charge in [0, 0.05) is 20.1 Å². The maximum atomic E-state index is 4.63. The van der Waals surface area contributed by atoms with Crippen LogP contribution in [0.5, 0.6) is 0 Å². The molecule has 0 amide bonds. The molecule has 0 fully saturated rings. The number of hydrogen-bond donors (Lipinski definition) is 2. The largest absolute Gasteiger partial charge is 0.365 e. The number of nitrogens with one attached hydrogen (secondary N) is 2. The summed E-state index contributed by atoms with van der Waals surface area (Å²) in [6.45, 7) is 5.85. The Bertz CT molecular complexity index is 806. The van der Waals surface area contributed by atoms with Gasteiger partial charge in [-0.2, -0.15) is 15.1 Å². The Hall–Kier alpha value is -2.63. The molecule has 0 radical (unpaired) electrons. The number of benzene rings is 1. The fraction of sp³-hybridized carbons (Fsp3) is 0.389. The summed E-state index contributed by atoms with van der Waals surface area (Å²) >= 11 is 0. The summed E-state index contributed by atoms with van der Waals surface area (Å²) in [4.78, 5) is 9.20. The van der Waals surface area contributed by atoms with E-state index in [-0.39, 0.29) is 0 Å². The molecule has 0 aliphatic carbocycles. The second kappa shape index (κ2) is 7.29. The van der Waals surface area contributed by atoms with E-state index >= 15 is 0 Å². The van der Waals surface area contributed by atoms with Crippen molar-refractivity contribution >= 4 is 22.8 Å². The third-order valence-electron chi connectivity index (χ3n) is 3.99. The van der Waals surface area contributed by atoms with Crippen LogP contribution >= 0.6 is 0 Å². The Morgan fingerprint density at radius 3 is 2.62 bits per heavy atom. The Balaban J connectivity index is 1.83. The SMILES string of the molecule is CCCCNc1nc(NCc2ccc(C)cc2)c2cnn(C)c2n1. The van der Waals surface area contributed by atoms with Crippen LogP contribution in [-0.2, 0) is 13.6 Å². The van der Waals surface area contributed by atoms with Gasteiger partial charge in [-0.3, -0.25) is 4.68 Å². The van der Waals surface area contributed by atoms with Crippen molar-refractivity contribution in [1.82, 2.24) is 19.7 Å². The summed E-state index contributed by atoms with van der Waals surface area (Å²) in [5.41, 5.74) is 3.31. The highest BCUT2D eigenvalue weighted by Gasteiger charge is 2.11. The van der Waals surface area contributed by atoms with Crippen LogP contribution in [0, 0.1) is 6.92 Å². The molecule has 0 aliphatic heterocycles. The zero-order valence-electron chi connectivity index (χ0n) is 14.5. The van der Waals surface area contributed by atoms with Crippen LogP contribution in [0.4, 0.5) is 11.8 Å². The van der Waals surface area contributed by atoms with Crippen molar-refractivity contribution in [2.24, 2.45) is 7.05 Å². The number of hydrogen-bond acceptors (Lipinski definition) is 5. The number of aromatic nitrogens is 4. The van der Waals surface area contributed by atoms with Crippen molar-refractivity contribution in [3.63, 3.8) is 0 Å². The second-order valence-electron chi connectivity index (χ2n) is 6.02. The van der Waals surface area contributed by atoms with Gasteiger partial charge in [0.1, 0.15) is 5.82 Å². The predicted octanol–water partition coefficient (Wildman–Crippen LogP) is 3.50. The van der Waals surface area contributed by atoms with Crippen molar-refractivity contribution in [3.8, 4) is 0 Å². The Morgan fingerprint density at radius 2 is 1.88 bits per heavy atom. The first-order valence-corrected chi connectivity index (χ1v) is 8.40. The summed E-state index contributed by atoms with van der Waals surface area (Å²) in [7, 11) is 1.90. The molecule has 0 saturated heterocycles. The molecular formula is C18H24N6. The highest BCUT2D eigenvalue weighted by molar-refractivity contribution is 5.87. The van der Waals surface area contributed by atoms with E-state index in [9.17, 15) is 0 Å². The van der Waals surface area contributed by atoms with Crippen molar-refractivity contribution in [2.45, 2.75) is 33.2 Å². The number of fused-ring (bicyclic) bond motifs is 1. The fourth-order valence-corrected chi connectivity index (χ4v) is 2.50. The molecule has 0 unspecified atom stereocenters. The molecule has 6 nitrogen and oxygen atoms in total. The van der Waals surface area contributed by atoms with Gasteiger partial charge in [-0.05, 0) is 18.9 Å². The van der Waals surface area contributed by atoms with E-state index in [4.69, 9.17) is 0 Å². The van der Waals surface area contributed by atoms with E-state index in [0.717, 1.165) is 42.8 Å². The van der Waals surface area contributed by atoms with Crippen molar-refractivity contribution in [1.29, 1.82) is 0 Å². The summed E-state index contributed by atoms with van der Waals surface area (Å²) in [5, 5.41) is 12.0. The number of rotatable bonds is 7. The number of unbranched alkanes of at least 4 members (excludes halogenated alkanes) is 1. The van der Waals surface area contributed by atoms with Crippen molar-refractivity contribution < 1.29 is 0 Å². The van der Waals surface area contributed by atoms with E-state index in [1.54, 1.807) is 4.68 Å². The van der Waals surface area contributed by atoms with Crippen LogP contribution in [0.15, 0.2) is 30.5 Å². The third-order valence-corrected chi connectivity index (χ3v) is 3.99. The van der Waals surface area contributed by atoms with Gasteiger partial charge < -0.3 is 10.6 Å². The van der Waals surface area contributed by atoms with E-state index < -0.39 is 0 Å². The summed E-state index contributed by atoms with van der Waals surface area (Å²) < 4.78 is 1.78. The normalized spacial score (nSPS) is 11.0. The molecular weight excluding hydrogens is 300 g/mol. The molecule has 0 bridgehead atoms. The Kier molecular flexibility index (Phi) is 4.93. The topological polar surface area (TPSA) is 67.7 Å². The van der Waals surface area contributed by atoms with Crippen LogP contribution in [0.1, 0.15) is 30.9 Å². The highest BCUT2D eigenvalue weighted by Crippen LogP contribution is 2.22. The van der Waals surface area contributed by atoms with Crippen LogP contribution in [0.2, 0.25) is 0 Å². The standard InChI is InChI=1S/C18H24N6/c1-4-5-10-19-18-22-16(15-12-21-24(3)17(15)23-18)20-11-14-8-6-13(2)7-9-14/h6-9,12H,4-5,10-11H2,1-3H3,(H2,19,20,22,23). The van der Waals surface area contributed by atoms with Gasteiger partial charge in [-0.1, -0.05) is 43.2 Å². The lowest BCUT2D eigenvalue weighted by Crippen LogP contribution is -2.09. The van der Waals surface area contributed by atoms with Crippen molar-refractivity contribution in [2.75, 3.05) is 17.2 Å². The number of aryl methyl sites for hydroxylation is 2. The first-order chi connectivity index (χ1) is 11.7. The average molecular weight is 324 g/mol. The summed E-state index contributed by atoms with van der Waals surface area (Å²) in [5.74, 6) is 1.46. The van der Waals surface area contributed by atoms with Gasteiger partial charge in [0.15, 0.2) is 5.65 Å². The zero-order valence-corrected chi connectivity index (χ0v) is 14.5. The minimum absolute atomic E-state index is 0.644. The van der Waals surface area contributed by atoms with Crippen LogP contribution in [0.3, 0.4) is 0 Å². The molecule has 0 spiro atoms. The maximum absolute atomic E-state index is 4.63. The van der Waals surface area contributed by atoms with Gasteiger partial charge in [-0.25, -0.2) is 0 Å². The van der Waals surface area contributed by atoms with Gasteiger partial charge in [0.05, 0.1) is 11.6 Å². The Labute approximate surface area is 142 Å². The van der Waals surface area contributed by atoms with Gasteiger partial charge in [0.2, 0.25) is 5.95 Å². The first kappa shape index (κ1) is 16.2. The lowest BCUT2D eigenvalue weighted by Gasteiger charge is -2.10. The average Bonchev–Trinajstić information content (AvgIpc) is 2.96. The van der Waals surface area contributed by atoms with Crippen LogP contribution < -0.4 is 10.6 Å². The molecule has 3 rings (SSSR count). The zero-order chi connectivity index (χ0) is 16.9. The second-order valence-corrected chi connectivity index (χ2v) is 6.02. The monoisotopic (exact) mass is 324 g/mol. The van der Waals surface area contributed by atoms with Crippen LogP contribution in [-0.4, -0.2) is 26.3 Å². The molecule has 6 heteroatoms. The number of nitrogens with zero attached hydrogens (tertiary/aromatic N) is 4. The van der Waals surface area contributed by atoms with E-state index in [2.05, 4.69) is 63.8 Å². The van der Waals surface area contributed by atoms with Crippen molar-refractivity contribution in [3.05, 3.63) is 41.6 Å². The van der Waals surface area contributed by atoms with Gasteiger partial charge in [-0.15, -0.1) is 0 Å². The quantitative estimate of drug-likeness (QED) is 0.651. The molecule has 1 aromatic carbocycles. The molecule has 2 N–H and O–H groups in total. The lowest BCUT2D eigenvalue weighted by atomic mass is 10.1. The van der Waals surface area contributed by atoms with Gasteiger partial charge >= 0.3 is 0 Å². The number of anilines is 2. The van der Waals surface area contributed by atoms with E-state index in [1.165, 1.54) is 11.1 Å². The molecule has 24 heavy (non-hydrogen) atoms. The molecule has 126 valence electrons. The molecule has 2 heterocycles. The maximum Gasteiger partial charge on any atom is 0.226 e. The van der Waals surface area contributed by atoms with E-state index in [0.29, 0.717) is 5.95 Å². The smallest absolute Gasteiger partial charge is 0.226 e. The van der Waals surface area contributed by atoms with E-state index in [1.807, 2.05) is 13.2 Å². The Morgan fingerprint density at radius 1 is 1.08 bits per heavy atom. The molecule has 2 aromatic heterocycles. The third kappa shape index (κ3) is 3.64. The van der Waals surface area contributed by atoms with Crippen LogP contribution in [0.25, 0.3) is 11.0 Å². The fourth-order valence-electron chi connectivity index (χ4n) is 2.50.